The Kier molecular flexibility index (Phi) is 5.11. The fraction of sp³-hybridized carbons (Fsp3) is 0.357. The van der Waals surface area contributed by atoms with Crippen molar-refractivity contribution >= 4 is 43.0 Å². The van der Waals surface area contributed by atoms with Crippen molar-refractivity contribution in [2.24, 2.45) is 0 Å². The van der Waals surface area contributed by atoms with Crippen LogP contribution in [0.3, 0.4) is 0 Å². The van der Waals surface area contributed by atoms with Crippen LogP contribution in [0.5, 0.6) is 0 Å². The van der Waals surface area contributed by atoms with Crippen molar-refractivity contribution in [2.75, 3.05) is 11.1 Å². The highest BCUT2D eigenvalue weighted by molar-refractivity contribution is 7.93. The Hall–Kier alpha value is -1.98. The topological polar surface area (TPSA) is 99.9 Å². The summed E-state index contributed by atoms with van der Waals surface area (Å²) in [4.78, 5) is 15.5. The number of fused-ring (bicyclic) bond motifs is 1. The minimum absolute atomic E-state index is 0.0923. The van der Waals surface area contributed by atoms with Gasteiger partial charge < -0.3 is 5.32 Å². The Labute approximate surface area is 132 Å². The molecule has 8 heteroatoms. The molecule has 0 aliphatic carbocycles. The number of rotatable bonds is 6. The predicted molar refractivity (Wildman–Crippen MR) is 85.4 cm³/mol. The molecule has 0 bridgehead atoms. The number of carbonyl (C=O) groups excluding carboxylic acids is 1. The number of nitrogens with zero attached hydrogens (tertiary/aromatic N) is 2. The van der Waals surface area contributed by atoms with Gasteiger partial charge in [-0.05, 0) is 24.6 Å². The van der Waals surface area contributed by atoms with E-state index in [0.717, 1.165) is 17.8 Å². The van der Waals surface area contributed by atoms with Crippen molar-refractivity contribution in [3.8, 4) is 6.07 Å². The summed E-state index contributed by atoms with van der Waals surface area (Å²) in [6.45, 7) is 1.93. The lowest BCUT2D eigenvalue weighted by Gasteiger charge is -2.01. The fourth-order valence-electron chi connectivity index (χ4n) is 1.81. The molecule has 1 N–H and O–H groups in total. The molecule has 1 aromatic carbocycles. The summed E-state index contributed by atoms with van der Waals surface area (Å²) < 4.78 is 25.1. The molecule has 0 fully saturated rings. The first-order chi connectivity index (χ1) is 10.5. The van der Waals surface area contributed by atoms with E-state index in [1.807, 2.05) is 6.92 Å². The third kappa shape index (κ3) is 3.81. The summed E-state index contributed by atoms with van der Waals surface area (Å²) in [6, 6.07) is 6.73. The standard InChI is InChI=1S/C14H15N3O3S2/c1-2-3-8-22(19,20)14-17-11-5-4-10(9-12(11)21-14)16-13(18)6-7-15/h4-5,9H,2-3,6,8H2,1H3,(H,16,18). The lowest BCUT2D eigenvalue weighted by atomic mass is 10.3. The van der Waals surface area contributed by atoms with E-state index >= 15 is 0 Å². The summed E-state index contributed by atoms with van der Waals surface area (Å²) in [5.74, 6) is -0.308. The molecule has 6 nitrogen and oxygen atoms in total. The molecule has 2 aromatic rings. The average molecular weight is 337 g/mol. The summed E-state index contributed by atoms with van der Waals surface area (Å²) in [6.07, 6.45) is 1.18. The van der Waals surface area contributed by atoms with Gasteiger partial charge in [0.15, 0.2) is 0 Å². The van der Waals surface area contributed by atoms with Crippen molar-refractivity contribution in [3.63, 3.8) is 0 Å². The summed E-state index contributed by atoms with van der Waals surface area (Å²) in [5.41, 5.74) is 1.10. The van der Waals surface area contributed by atoms with Gasteiger partial charge in [-0.15, -0.1) is 11.3 Å². The minimum Gasteiger partial charge on any atom is -0.325 e. The molecule has 0 atom stereocenters. The van der Waals surface area contributed by atoms with E-state index in [1.54, 1.807) is 24.3 Å². The van der Waals surface area contributed by atoms with E-state index in [4.69, 9.17) is 5.26 Å². The number of anilines is 1. The Morgan fingerprint density at radius 2 is 2.23 bits per heavy atom. The molecule has 1 aromatic heterocycles. The van der Waals surface area contributed by atoms with E-state index < -0.39 is 15.7 Å². The largest absolute Gasteiger partial charge is 0.325 e. The zero-order valence-corrected chi connectivity index (χ0v) is 13.6. The highest BCUT2D eigenvalue weighted by Crippen LogP contribution is 2.29. The lowest BCUT2D eigenvalue weighted by molar-refractivity contribution is -0.115. The van der Waals surface area contributed by atoms with Crippen LogP contribution in [0.15, 0.2) is 22.5 Å². The first-order valence-corrected chi connectivity index (χ1v) is 9.23. The highest BCUT2D eigenvalue weighted by atomic mass is 32.2. The van der Waals surface area contributed by atoms with Crippen LogP contribution in [0.1, 0.15) is 26.2 Å². The maximum absolute atomic E-state index is 12.2. The van der Waals surface area contributed by atoms with Crippen molar-refractivity contribution in [1.82, 2.24) is 4.98 Å². The zero-order valence-electron chi connectivity index (χ0n) is 12.0. The molecule has 116 valence electrons. The maximum atomic E-state index is 12.2. The van der Waals surface area contributed by atoms with Crippen LogP contribution < -0.4 is 5.32 Å². The van der Waals surface area contributed by atoms with Gasteiger partial charge in [0.1, 0.15) is 6.42 Å². The third-order valence-corrected chi connectivity index (χ3v) is 6.20. The van der Waals surface area contributed by atoms with Crippen LogP contribution in [0.4, 0.5) is 5.69 Å². The van der Waals surface area contributed by atoms with Crippen LogP contribution in [-0.4, -0.2) is 25.1 Å². The Morgan fingerprint density at radius 3 is 2.91 bits per heavy atom. The van der Waals surface area contributed by atoms with E-state index in [1.165, 1.54) is 0 Å². The smallest absolute Gasteiger partial charge is 0.238 e. The SMILES string of the molecule is CCCCS(=O)(=O)c1nc2ccc(NC(=O)CC#N)cc2s1. The van der Waals surface area contributed by atoms with Gasteiger partial charge in [0.25, 0.3) is 0 Å². The summed E-state index contributed by atoms with van der Waals surface area (Å²) >= 11 is 1.09. The molecule has 1 heterocycles. The van der Waals surface area contributed by atoms with Crippen molar-refractivity contribution in [3.05, 3.63) is 18.2 Å². The summed E-state index contributed by atoms with van der Waals surface area (Å²) in [7, 11) is -3.35. The number of carbonyl (C=O) groups is 1. The number of benzene rings is 1. The quantitative estimate of drug-likeness (QED) is 0.873. The number of thiazole rings is 1. The van der Waals surface area contributed by atoms with E-state index in [-0.39, 0.29) is 16.5 Å². The van der Waals surface area contributed by atoms with Gasteiger partial charge in [-0.1, -0.05) is 13.3 Å². The van der Waals surface area contributed by atoms with Crippen LogP contribution in [-0.2, 0) is 14.6 Å². The number of sulfone groups is 1. The van der Waals surface area contributed by atoms with E-state index in [0.29, 0.717) is 22.3 Å². The van der Waals surface area contributed by atoms with Gasteiger partial charge in [0, 0.05) is 5.69 Å². The molecular weight excluding hydrogens is 322 g/mol. The molecule has 0 spiro atoms. The minimum atomic E-state index is -3.35. The molecule has 0 saturated heterocycles. The molecule has 0 saturated carbocycles. The molecule has 2 rings (SSSR count). The predicted octanol–water partition coefficient (Wildman–Crippen LogP) is 2.72. The van der Waals surface area contributed by atoms with Gasteiger partial charge in [-0.3, -0.25) is 4.79 Å². The van der Waals surface area contributed by atoms with Gasteiger partial charge in [0.2, 0.25) is 20.1 Å². The maximum Gasteiger partial charge on any atom is 0.238 e. The second-order valence-electron chi connectivity index (χ2n) is 4.72. The van der Waals surface area contributed by atoms with Crippen molar-refractivity contribution < 1.29 is 13.2 Å². The van der Waals surface area contributed by atoms with Crippen molar-refractivity contribution in [2.45, 2.75) is 30.5 Å². The average Bonchev–Trinajstić information content (AvgIpc) is 2.89. The normalized spacial score (nSPS) is 11.3. The molecule has 0 radical (unpaired) electrons. The Morgan fingerprint density at radius 1 is 1.45 bits per heavy atom. The fourth-order valence-corrected chi connectivity index (χ4v) is 4.66. The Balaban J connectivity index is 2.28. The monoisotopic (exact) mass is 337 g/mol. The molecule has 0 aliphatic rings. The number of amides is 1. The van der Waals surface area contributed by atoms with Crippen LogP contribution in [0, 0.1) is 11.3 Å². The van der Waals surface area contributed by atoms with Gasteiger partial charge in [0.05, 0.1) is 22.0 Å². The first-order valence-electron chi connectivity index (χ1n) is 6.76. The molecule has 0 unspecified atom stereocenters. The summed E-state index contributed by atoms with van der Waals surface area (Å²) in [5, 5.41) is 11.0. The third-order valence-electron chi connectivity index (χ3n) is 2.92. The number of nitrogens with one attached hydrogen (secondary N) is 1. The van der Waals surface area contributed by atoms with Gasteiger partial charge in [-0.25, -0.2) is 13.4 Å². The van der Waals surface area contributed by atoms with E-state index in [2.05, 4.69) is 10.3 Å². The molecule has 1 amide bonds. The Bertz CT molecular complexity index is 835. The number of aromatic nitrogens is 1. The zero-order chi connectivity index (χ0) is 16.2. The molecular formula is C14H15N3O3S2. The van der Waals surface area contributed by atoms with Gasteiger partial charge in [-0.2, -0.15) is 5.26 Å². The van der Waals surface area contributed by atoms with Gasteiger partial charge >= 0.3 is 0 Å². The second kappa shape index (κ2) is 6.85. The van der Waals surface area contributed by atoms with Crippen LogP contribution >= 0.6 is 11.3 Å². The highest BCUT2D eigenvalue weighted by Gasteiger charge is 2.19. The number of unbranched alkanes of at least 4 members (excludes halogenated alkanes) is 1. The van der Waals surface area contributed by atoms with Crippen molar-refractivity contribution in [1.29, 1.82) is 5.26 Å². The number of hydrogen-bond acceptors (Lipinski definition) is 6. The molecule has 0 aliphatic heterocycles. The number of nitriles is 1. The van der Waals surface area contributed by atoms with Crippen LogP contribution in [0.25, 0.3) is 10.2 Å². The molecule has 22 heavy (non-hydrogen) atoms. The lowest BCUT2D eigenvalue weighted by Crippen LogP contribution is -2.09. The number of hydrogen-bond donors (Lipinski definition) is 1. The van der Waals surface area contributed by atoms with E-state index in [9.17, 15) is 13.2 Å². The van der Waals surface area contributed by atoms with Crippen LogP contribution in [0.2, 0.25) is 0 Å². The first kappa shape index (κ1) is 16.4. The second-order valence-corrected chi connectivity index (χ2v) is 8.03.